The number of amides is 2. The Hall–Kier alpha value is -3.55. The number of carbonyl (C=O) groups is 3. The van der Waals surface area contributed by atoms with Gasteiger partial charge in [0.2, 0.25) is 5.91 Å². The number of nitrogens with zero attached hydrogens (tertiary/aromatic N) is 1. The van der Waals surface area contributed by atoms with E-state index in [9.17, 15) is 14.4 Å². The second-order valence-electron chi connectivity index (χ2n) is 6.48. The van der Waals surface area contributed by atoms with Crippen LogP contribution in [0.5, 0.6) is 5.75 Å². The van der Waals surface area contributed by atoms with Gasteiger partial charge in [-0.05, 0) is 35.4 Å². The number of carbonyl (C=O) groups excluding carboxylic acids is 3. The molecule has 0 radical (unpaired) electrons. The van der Waals surface area contributed by atoms with Crippen molar-refractivity contribution in [2.75, 3.05) is 20.8 Å². The van der Waals surface area contributed by atoms with Gasteiger partial charge in [-0.3, -0.25) is 9.69 Å². The predicted molar refractivity (Wildman–Crippen MR) is 103 cm³/mol. The smallest absolute Gasteiger partial charge is 0.410 e. The normalized spacial score (nSPS) is 15.6. The summed E-state index contributed by atoms with van der Waals surface area (Å²) in [5.74, 6) is -0.0371. The van der Waals surface area contributed by atoms with Crippen molar-refractivity contribution in [1.82, 2.24) is 10.2 Å². The van der Waals surface area contributed by atoms with Crippen LogP contribution in [0.1, 0.15) is 21.5 Å². The Kier molecular flexibility index (Phi) is 6.33. The molecular formula is C21H22N2O6. The molecular weight excluding hydrogens is 376 g/mol. The summed E-state index contributed by atoms with van der Waals surface area (Å²) in [6, 6.07) is 13.3. The molecule has 1 atom stereocenters. The van der Waals surface area contributed by atoms with Gasteiger partial charge in [-0.1, -0.05) is 24.3 Å². The molecule has 0 spiro atoms. The number of rotatable bonds is 7. The van der Waals surface area contributed by atoms with Crippen LogP contribution in [0.3, 0.4) is 0 Å². The molecule has 0 aromatic heterocycles. The Bertz CT molecular complexity index is 896. The largest absolute Gasteiger partial charge is 0.497 e. The summed E-state index contributed by atoms with van der Waals surface area (Å²) in [6.07, 6.45) is -0.552. The lowest BCUT2D eigenvalue weighted by molar-refractivity contribution is -0.125. The Morgan fingerprint density at radius 2 is 1.90 bits per heavy atom. The van der Waals surface area contributed by atoms with Crippen molar-refractivity contribution in [1.29, 1.82) is 0 Å². The van der Waals surface area contributed by atoms with E-state index in [0.29, 0.717) is 17.9 Å². The first-order valence-corrected chi connectivity index (χ1v) is 9.03. The van der Waals surface area contributed by atoms with Crippen LogP contribution in [0.25, 0.3) is 0 Å². The zero-order valence-corrected chi connectivity index (χ0v) is 16.2. The van der Waals surface area contributed by atoms with Gasteiger partial charge in [0, 0.05) is 6.54 Å². The van der Waals surface area contributed by atoms with Crippen LogP contribution >= 0.6 is 0 Å². The fourth-order valence-corrected chi connectivity index (χ4v) is 2.99. The molecule has 152 valence electrons. The quantitative estimate of drug-likeness (QED) is 0.718. The lowest BCUT2D eigenvalue weighted by atomic mass is 10.1. The van der Waals surface area contributed by atoms with Crippen molar-refractivity contribution in [3.8, 4) is 5.75 Å². The van der Waals surface area contributed by atoms with Gasteiger partial charge in [0.15, 0.2) is 0 Å². The minimum Gasteiger partial charge on any atom is -0.497 e. The number of hydrogen-bond acceptors (Lipinski definition) is 6. The zero-order chi connectivity index (χ0) is 20.8. The van der Waals surface area contributed by atoms with Crippen LogP contribution < -0.4 is 10.1 Å². The van der Waals surface area contributed by atoms with E-state index in [1.165, 1.54) is 12.0 Å². The molecule has 8 nitrogen and oxygen atoms in total. The monoisotopic (exact) mass is 398 g/mol. The first kappa shape index (κ1) is 20.2. The van der Waals surface area contributed by atoms with Crippen molar-refractivity contribution in [2.24, 2.45) is 0 Å². The lowest BCUT2D eigenvalue weighted by Gasteiger charge is -2.21. The number of benzene rings is 2. The van der Waals surface area contributed by atoms with Crippen molar-refractivity contribution in [3.63, 3.8) is 0 Å². The van der Waals surface area contributed by atoms with E-state index in [-0.39, 0.29) is 19.1 Å². The molecule has 1 N–H and O–H groups in total. The first-order valence-electron chi connectivity index (χ1n) is 9.03. The van der Waals surface area contributed by atoms with Gasteiger partial charge in [-0.25, -0.2) is 9.59 Å². The van der Waals surface area contributed by atoms with Crippen LogP contribution in [0.2, 0.25) is 0 Å². The third-order valence-corrected chi connectivity index (χ3v) is 4.61. The molecule has 29 heavy (non-hydrogen) atoms. The Balaban J connectivity index is 1.63. The molecule has 2 amide bonds. The Labute approximate surface area is 168 Å². The molecule has 3 rings (SSSR count). The third kappa shape index (κ3) is 4.84. The number of esters is 1. The molecule has 0 unspecified atom stereocenters. The second kappa shape index (κ2) is 9.09. The van der Waals surface area contributed by atoms with Crippen LogP contribution in [0, 0.1) is 0 Å². The highest BCUT2D eigenvalue weighted by Crippen LogP contribution is 2.18. The topological polar surface area (TPSA) is 94.2 Å². The molecule has 0 saturated carbocycles. The van der Waals surface area contributed by atoms with E-state index < -0.39 is 18.1 Å². The van der Waals surface area contributed by atoms with Crippen molar-refractivity contribution < 1.29 is 28.6 Å². The maximum Gasteiger partial charge on any atom is 0.410 e. The highest BCUT2D eigenvalue weighted by atomic mass is 16.6. The summed E-state index contributed by atoms with van der Waals surface area (Å²) < 4.78 is 14.9. The molecule has 1 aliphatic heterocycles. The maximum atomic E-state index is 12.6. The van der Waals surface area contributed by atoms with Crippen LogP contribution in [-0.2, 0) is 27.4 Å². The molecule has 2 aromatic rings. The van der Waals surface area contributed by atoms with E-state index in [4.69, 9.17) is 9.47 Å². The van der Waals surface area contributed by atoms with Gasteiger partial charge in [0.25, 0.3) is 0 Å². The Morgan fingerprint density at radius 3 is 2.59 bits per heavy atom. The molecule has 1 fully saturated rings. The number of ether oxygens (including phenoxy) is 3. The van der Waals surface area contributed by atoms with Gasteiger partial charge < -0.3 is 19.5 Å². The van der Waals surface area contributed by atoms with E-state index >= 15 is 0 Å². The van der Waals surface area contributed by atoms with E-state index in [0.717, 1.165) is 11.1 Å². The van der Waals surface area contributed by atoms with Crippen LogP contribution in [-0.4, -0.2) is 49.7 Å². The van der Waals surface area contributed by atoms with E-state index in [2.05, 4.69) is 10.1 Å². The van der Waals surface area contributed by atoms with Gasteiger partial charge >= 0.3 is 12.1 Å². The van der Waals surface area contributed by atoms with Crippen LogP contribution in [0.4, 0.5) is 4.79 Å². The lowest BCUT2D eigenvalue weighted by Crippen LogP contribution is -2.45. The SMILES string of the molecule is COC(=O)c1ccc(CN2C(=O)OC[C@H]2C(=O)NCc2cccc(OC)c2)cc1. The average Bonchev–Trinajstić information content (AvgIpc) is 3.12. The standard InChI is InChI=1S/C21H22N2O6/c1-27-17-5-3-4-15(10-17)11-22-19(24)18-13-29-21(26)23(18)12-14-6-8-16(9-7-14)20(25)28-2/h3-10,18H,11-13H2,1-2H3,(H,22,24)/t18-/m0/s1. The molecule has 0 aliphatic carbocycles. The van der Waals surface area contributed by atoms with Gasteiger partial charge in [0.05, 0.1) is 26.3 Å². The molecule has 8 heteroatoms. The van der Waals surface area contributed by atoms with Crippen molar-refractivity contribution >= 4 is 18.0 Å². The first-order chi connectivity index (χ1) is 14.0. The fraction of sp³-hybridized carbons (Fsp3) is 0.286. The fourth-order valence-electron chi connectivity index (χ4n) is 2.99. The molecule has 1 heterocycles. The van der Waals surface area contributed by atoms with Gasteiger partial charge in [-0.15, -0.1) is 0 Å². The minimum absolute atomic E-state index is 0.0109. The summed E-state index contributed by atoms with van der Waals surface area (Å²) in [6.45, 7) is 0.489. The number of nitrogens with one attached hydrogen (secondary N) is 1. The van der Waals surface area contributed by atoms with E-state index in [1.807, 2.05) is 24.3 Å². The number of cyclic esters (lactones) is 1. The molecule has 2 aromatic carbocycles. The highest BCUT2D eigenvalue weighted by Gasteiger charge is 2.37. The summed E-state index contributed by atoms with van der Waals surface area (Å²) in [5.41, 5.74) is 2.06. The van der Waals surface area contributed by atoms with Gasteiger partial charge in [0.1, 0.15) is 18.4 Å². The minimum atomic E-state index is -0.728. The summed E-state index contributed by atoms with van der Waals surface area (Å²) in [7, 11) is 2.89. The van der Waals surface area contributed by atoms with E-state index in [1.54, 1.807) is 31.4 Å². The summed E-state index contributed by atoms with van der Waals surface area (Å²) in [5, 5.41) is 2.83. The van der Waals surface area contributed by atoms with Crippen LogP contribution in [0.15, 0.2) is 48.5 Å². The molecule has 0 bridgehead atoms. The Morgan fingerprint density at radius 1 is 1.14 bits per heavy atom. The summed E-state index contributed by atoms with van der Waals surface area (Å²) in [4.78, 5) is 37.6. The third-order valence-electron chi connectivity index (χ3n) is 4.61. The molecule has 1 saturated heterocycles. The highest BCUT2D eigenvalue weighted by molar-refractivity contribution is 5.89. The second-order valence-corrected chi connectivity index (χ2v) is 6.48. The predicted octanol–water partition coefficient (Wildman–Crippen LogP) is 2.12. The van der Waals surface area contributed by atoms with Crippen molar-refractivity contribution in [3.05, 3.63) is 65.2 Å². The number of methoxy groups -OCH3 is 2. The average molecular weight is 398 g/mol. The summed E-state index contributed by atoms with van der Waals surface area (Å²) >= 11 is 0. The zero-order valence-electron chi connectivity index (χ0n) is 16.2. The molecule has 1 aliphatic rings. The van der Waals surface area contributed by atoms with Gasteiger partial charge in [-0.2, -0.15) is 0 Å². The number of hydrogen-bond donors (Lipinski definition) is 1. The maximum absolute atomic E-state index is 12.6. The van der Waals surface area contributed by atoms with Crippen molar-refractivity contribution in [2.45, 2.75) is 19.1 Å².